The molecule has 2 aromatic heterocycles. The Bertz CT molecular complexity index is 515. The van der Waals surface area contributed by atoms with Gasteiger partial charge in [0.05, 0.1) is 12.4 Å². The van der Waals surface area contributed by atoms with Gasteiger partial charge in [0.2, 0.25) is 0 Å². The van der Waals surface area contributed by atoms with Crippen molar-refractivity contribution >= 4 is 22.8 Å². The lowest BCUT2D eigenvalue weighted by atomic mass is 10.1. The molecular formula is C10H11ClN4. The molecule has 2 aromatic rings. The Kier molecular flexibility index (Phi) is 1.77. The third-order valence-corrected chi connectivity index (χ3v) is 3.13. The fourth-order valence-electron chi connectivity index (χ4n) is 1.68. The number of nitrogens with zero attached hydrogens (tertiary/aromatic N) is 4. The van der Waals surface area contributed by atoms with Crippen molar-refractivity contribution in [2.45, 2.75) is 26.3 Å². The summed E-state index contributed by atoms with van der Waals surface area (Å²) in [5.41, 5.74) is 2.00. The van der Waals surface area contributed by atoms with E-state index in [4.69, 9.17) is 11.6 Å². The predicted molar refractivity (Wildman–Crippen MR) is 57.7 cm³/mol. The molecule has 4 nitrogen and oxygen atoms in total. The summed E-state index contributed by atoms with van der Waals surface area (Å²) in [5.74, 6) is 0. The Balaban J connectivity index is 2.06. The minimum absolute atomic E-state index is 0.406. The van der Waals surface area contributed by atoms with Crippen molar-refractivity contribution in [2.24, 2.45) is 5.41 Å². The van der Waals surface area contributed by atoms with Crippen molar-refractivity contribution in [3.05, 3.63) is 17.5 Å². The van der Waals surface area contributed by atoms with E-state index in [1.54, 1.807) is 12.4 Å². The first-order chi connectivity index (χ1) is 7.16. The second kappa shape index (κ2) is 2.92. The molecule has 5 heteroatoms. The fraction of sp³-hybridized carbons (Fsp3) is 0.500. The van der Waals surface area contributed by atoms with Crippen LogP contribution in [0.2, 0.25) is 5.15 Å². The standard InChI is InChI=1S/C10H11ClN4/c1-10(2-3-10)6-15-9-7(4-13-15)12-5-8(11)14-9/h4-5H,2-3,6H2,1H3. The number of halogens is 1. The molecule has 1 saturated carbocycles. The van der Waals surface area contributed by atoms with Crippen molar-refractivity contribution in [1.29, 1.82) is 0 Å². The molecule has 0 N–H and O–H groups in total. The molecule has 0 aliphatic heterocycles. The highest BCUT2D eigenvalue weighted by molar-refractivity contribution is 6.29. The van der Waals surface area contributed by atoms with E-state index in [-0.39, 0.29) is 0 Å². The van der Waals surface area contributed by atoms with Gasteiger partial charge < -0.3 is 0 Å². The number of hydrogen-bond donors (Lipinski definition) is 0. The fourth-order valence-corrected chi connectivity index (χ4v) is 1.81. The van der Waals surface area contributed by atoms with Gasteiger partial charge in [0.1, 0.15) is 10.7 Å². The average molecular weight is 223 g/mol. The zero-order valence-corrected chi connectivity index (χ0v) is 9.20. The summed E-state index contributed by atoms with van der Waals surface area (Å²) in [6.07, 6.45) is 5.82. The van der Waals surface area contributed by atoms with E-state index in [0.717, 1.165) is 17.7 Å². The first-order valence-electron chi connectivity index (χ1n) is 5.00. The van der Waals surface area contributed by atoms with Crippen LogP contribution in [0.5, 0.6) is 0 Å². The maximum absolute atomic E-state index is 5.82. The number of rotatable bonds is 2. The van der Waals surface area contributed by atoms with Crippen LogP contribution in [0.3, 0.4) is 0 Å². The molecule has 0 amide bonds. The lowest BCUT2D eigenvalue weighted by Gasteiger charge is -2.08. The summed E-state index contributed by atoms with van der Waals surface area (Å²) in [5, 5.41) is 4.72. The molecule has 78 valence electrons. The van der Waals surface area contributed by atoms with Gasteiger partial charge in [-0.25, -0.2) is 14.6 Å². The van der Waals surface area contributed by atoms with Gasteiger partial charge in [0.15, 0.2) is 5.65 Å². The zero-order chi connectivity index (χ0) is 10.5. The SMILES string of the molecule is CC1(Cn2ncc3ncc(Cl)nc32)CC1. The van der Waals surface area contributed by atoms with Crippen molar-refractivity contribution in [3.63, 3.8) is 0 Å². The second-order valence-electron chi connectivity index (χ2n) is 4.51. The van der Waals surface area contributed by atoms with Crippen molar-refractivity contribution in [1.82, 2.24) is 19.7 Å². The zero-order valence-electron chi connectivity index (χ0n) is 8.44. The van der Waals surface area contributed by atoms with Crippen molar-refractivity contribution in [3.8, 4) is 0 Å². The molecule has 0 atom stereocenters. The summed E-state index contributed by atoms with van der Waals surface area (Å²) in [7, 11) is 0. The van der Waals surface area contributed by atoms with Crippen LogP contribution in [0, 0.1) is 5.41 Å². The maximum atomic E-state index is 5.82. The van der Waals surface area contributed by atoms with Gasteiger partial charge in [-0.2, -0.15) is 5.10 Å². The van der Waals surface area contributed by atoms with Gasteiger partial charge >= 0.3 is 0 Å². The minimum atomic E-state index is 0.406. The van der Waals surface area contributed by atoms with Crippen LogP contribution in [-0.2, 0) is 6.54 Å². The van der Waals surface area contributed by atoms with E-state index in [0.29, 0.717) is 10.6 Å². The third-order valence-electron chi connectivity index (χ3n) is 2.95. The number of aromatic nitrogens is 4. The Morgan fingerprint density at radius 2 is 2.27 bits per heavy atom. The molecule has 0 unspecified atom stereocenters. The summed E-state index contributed by atoms with van der Waals surface area (Å²) in [6, 6.07) is 0. The van der Waals surface area contributed by atoms with Gasteiger partial charge in [0.25, 0.3) is 0 Å². The first kappa shape index (κ1) is 9.09. The highest BCUT2D eigenvalue weighted by Gasteiger charge is 2.38. The molecule has 0 spiro atoms. The molecule has 1 fully saturated rings. The lowest BCUT2D eigenvalue weighted by molar-refractivity contribution is 0.440. The number of fused-ring (bicyclic) bond motifs is 1. The molecule has 0 radical (unpaired) electrons. The maximum Gasteiger partial charge on any atom is 0.178 e. The Morgan fingerprint density at radius 3 is 3.00 bits per heavy atom. The predicted octanol–water partition coefficient (Wildman–Crippen LogP) is 2.28. The highest BCUT2D eigenvalue weighted by atomic mass is 35.5. The van der Waals surface area contributed by atoms with Gasteiger partial charge in [-0.15, -0.1) is 0 Å². The Hall–Kier alpha value is -1.16. The molecule has 3 rings (SSSR count). The largest absolute Gasteiger partial charge is 0.248 e. The molecule has 1 aliphatic carbocycles. The lowest BCUT2D eigenvalue weighted by Crippen LogP contribution is -2.09. The van der Waals surface area contributed by atoms with Crippen LogP contribution in [0.25, 0.3) is 11.2 Å². The molecule has 1 aliphatic rings. The van der Waals surface area contributed by atoms with E-state index < -0.39 is 0 Å². The van der Waals surface area contributed by atoms with Crippen LogP contribution in [0.4, 0.5) is 0 Å². The molecule has 0 bridgehead atoms. The van der Waals surface area contributed by atoms with E-state index in [1.165, 1.54) is 12.8 Å². The Morgan fingerprint density at radius 1 is 1.47 bits per heavy atom. The van der Waals surface area contributed by atoms with Gasteiger partial charge in [0, 0.05) is 6.54 Å². The van der Waals surface area contributed by atoms with Gasteiger partial charge in [-0.05, 0) is 18.3 Å². The van der Waals surface area contributed by atoms with Crippen LogP contribution >= 0.6 is 11.6 Å². The molecular weight excluding hydrogens is 212 g/mol. The van der Waals surface area contributed by atoms with Crippen LogP contribution in [0.1, 0.15) is 19.8 Å². The first-order valence-corrected chi connectivity index (χ1v) is 5.38. The average Bonchev–Trinajstić information content (AvgIpc) is 2.80. The highest BCUT2D eigenvalue weighted by Crippen LogP contribution is 2.46. The molecule has 0 saturated heterocycles. The van der Waals surface area contributed by atoms with Crippen molar-refractivity contribution < 1.29 is 0 Å². The quantitative estimate of drug-likeness (QED) is 0.783. The summed E-state index contributed by atoms with van der Waals surface area (Å²) < 4.78 is 1.90. The summed E-state index contributed by atoms with van der Waals surface area (Å²) in [6.45, 7) is 3.17. The smallest absolute Gasteiger partial charge is 0.178 e. The third kappa shape index (κ3) is 1.59. The minimum Gasteiger partial charge on any atom is -0.248 e. The van der Waals surface area contributed by atoms with E-state index in [1.807, 2.05) is 4.68 Å². The van der Waals surface area contributed by atoms with Crippen molar-refractivity contribution in [2.75, 3.05) is 0 Å². The van der Waals surface area contributed by atoms with Crippen LogP contribution in [-0.4, -0.2) is 19.7 Å². The van der Waals surface area contributed by atoms with Crippen LogP contribution < -0.4 is 0 Å². The summed E-state index contributed by atoms with van der Waals surface area (Å²) >= 11 is 5.82. The normalized spacial score (nSPS) is 18.3. The number of hydrogen-bond acceptors (Lipinski definition) is 3. The topological polar surface area (TPSA) is 43.6 Å². The van der Waals surface area contributed by atoms with Gasteiger partial charge in [-0.3, -0.25) is 0 Å². The molecule has 2 heterocycles. The summed E-state index contributed by atoms with van der Waals surface area (Å²) in [4.78, 5) is 8.42. The molecule has 0 aromatic carbocycles. The Labute approximate surface area is 92.3 Å². The van der Waals surface area contributed by atoms with E-state index in [9.17, 15) is 0 Å². The van der Waals surface area contributed by atoms with Crippen LogP contribution in [0.15, 0.2) is 12.4 Å². The van der Waals surface area contributed by atoms with E-state index >= 15 is 0 Å². The molecule has 15 heavy (non-hydrogen) atoms. The van der Waals surface area contributed by atoms with Gasteiger partial charge in [-0.1, -0.05) is 18.5 Å². The second-order valence-corrected chi connectivity index (χ2v) is 4.90. The van der Waals surface area contributed by atoms with E-state index in [2.05, 4.69) is 22.0 Å². The monoisotopic (exact) mass is 222 g/mol.